The van der Waals surface area contributed by atoms with Gasteiger partial charge in [-0.05, 0) is 62.6 Å². The molecule has 0 saturated heterocycles. The van der Waals surface area contributed by atoms with Gasteiger partial charge in [0.1, 0.15) is 0 Å². The zero-order valence-electron chi connectivity index (χ0n) is 16.4. The number of methoxy groups -OCH3 is 1. The van der Waals surface area contributed by atoms with Crippen LogP contribution >= 0.6 is 0 Å². The molecule has 3 aromatic carbocycles. The molecule has 0 saturated carbocycles. The molecule has 1 nitrogen and oxygen atoms in total. The number of fused-ring (bicyclic) bond motifs is 1. The Bertz CT molecular complexity index is 932. The van der Waals surface area contributed by atoms with Crippen molar-refractivity contribution in [1.82, 2.24) is 0 Å². The van der Waals surface area contributed by atoms with Gasteiger partial charge in [0.25, 0.3) is 0 Å². The predicted molar refractivity (Wildman–Crippen MR) is 114 cm³/mol. The molecule has 0 spiro atoms. The van der Waals surface area contributed by atoms with E-state index in [0.29, 0.717) is 11.8 Å². The van der Waals surface area contributed by atoms with Crippen LogP contribution in [0.3, 0.4) is 0 Å². The van der Waals surface area contributed by atoms with Crippen molar-refractivity contribution >= 4 is 16.8 Å². The van der Waals surface area contributed by atoms with E-state index in [2.05, 4.69) is 82.3 Å². The van der Waals surface area contributed by atoms with Gasteiger partial charge in [0.2, 0.25) is 0 Å². The van der Waals surface area contributed by atoms with Crippen LogP contribution in [0, 0.1) is 0 Å². The first-order valence-corrected chi connectivity index (χ1v) is 9.37. The van der Waals surface area contributed by atoms with Crippen LogP contribution in [0.4, 0.5) is 0 Å². The minimum atomic E-state index is 0.504. The Labute approximate surface area is 157 Å². The highest BCUT2D eigenvalue weighted by Crippen LogP contribution is 2.31. The summed E-state index contributed by atoms with van der Waals surface area (Å²) in [6.07, 6.45) is 3.80. The molecule has 0 heterocycles. The number of ether oxygens (including phenoxy) is 1. The highest BCUT2D eigenvalue weighted by atomic mass is 16.5. The van der Waals surface area contributed by atoms with Crippen molar-refractivity contribution in [3.05, 3.63) is 77.5 Å². The van der Waals surface area contributed by atoms with Gasteiger partial charge in [-0.25, -0.2) is 0 Å². The molecule has 0 aliphatic rings. The third-order valence-corrected chi connectivity index (χ3v) is 4.97. The lowest BCUT2D eigenvalue weighted by Crippen LogP contribution is -1.92. The maximum atomic E-state index is 5.16. The Balaban J connectivity index is 2.10. The van der Waals surface area contributed by atoms with Crippen LogP contribution in [0.1, 0.15) is 56.2 Å². The maximum Gasteiger partial charge on any atom is 0.0830 e. The summed E-state index contributed by atoms with van der Waals surface area (Å²) < 4.78 is 5.16. The Kier molecular flexibility index (Phi) is 5.46. The lowest BCUT2D eigenvalue weighted by Gasteiger charge is -2.13. The largest absolute Gasteiger partial charge is 0.504 e. The van der Waals surface area contributed by atoms with Crippen LogP contribution in [-0.4, -0.2) is 7.11 Å². The van der Waals surface area contributed by atoms with Gasteiger partial charge < -0.3 is 4.74 Å². The van der Waals surface area contributed by atoms with Crippen molar-refractivity contribution < 1.29 is 4.74 Å². The lowest BCUT2D eigenvalue weighted by atomic mass is 9.92. The molecule has 1 heteroatoms. The molecule has 0 fully saturated rings. The first-order chi connectivity index (χ1) is 12.5. The summed E-state index contributed by atoms with van der Waals surface area (Å²) in [5.41, 5.74) is 6.39. The third-order valence-electron chi connectivity index (χ3n) is 4.97. The van der Waals surface area contributed by atoms with Gasteiger partial charge >= 0.3 is 0 Å². The zero-order valence-corrected chi connectivity index (χ0v) is 16.4. The van der Waals surface area contributed by atoms with Gasteiger partial charge in [-0.2, -0.15) is 0 Å². The zero-order chi connectivity index (χ0) is 18.7. The van der Waals surface area contributed by atoms with Crippen LogP contribution in [0.15, 0.2) is 60.9 Å². The molecule has 0 unspecified atom stereocenters. The van der Waals surface area contributed by atoms with E-state index >= 15 is 0 Å². The molecule has 0 atom stereocenters. The standard InChI is InChI=1S/C25H28O/c1-17(2)19-6-7-22-16-23(9-8-21(22)14-19)25-11-10-20(18(3)4)15-24(25)12-13-26-5/h6-18H,1-5H3/b13-12+. The molecule has 0 bridgehead atoms. The Morgan fingerprint density at radius 3 is 2.04 bits per heavy atom. The van der Waals surface area contributed by atoms with E-state index in [1.165, 1.54) is 38.6 Å². The van der Waals surface area contributed by atoms with Crippen LogP contribution < -0.4 is 0 Å². The first-order valence-electron chi connectivity index (χ1n) is 9.37. The summed E-state index contributed by atoms with van der Waals surface area (Å²) in [6.45, 7) is 8.92. The lowest BCUT2D eigenvalue weighted by molar-refractivity contribution is 0.341. The molecular formula is C25H28O. The molecule has 0 amide bonds. The number of rotatable bonds is 5. The topological polar surface area (TPSA) is 9.23 Å². The minimum Gasteiger partial charge on any atom is -0.504 e. The molecule has 26 heavy (non-hydrogen) atoms. The van der Waals surface area contributed by atoms with E-state index in [4.69, 9.17) is 4.74 Å². The van der Waals surface area contributed by atoms with Crippen molar-refractivity contribution in [3.8, 4) is 11.1 Å². The van der Waals surface area contributed by atoms with Crippen molar-refractivity contribution in [2.45, 2.75) is 39.5 Å². The fraction of sp³-hybridized carbons (Fsp3) is 0.280. The van der Waals surface area contributed by atoms with Gasteiger partial charge in [-0.15, -0.1) is 0 Å². The van der Waals surface area contributed by atoms with Gasteiger partial charge in [-0.3, -0.25) is 0 Å². The highest BCUT2D eigenvalue weighted by Gasteiger charge is 2.08. The van der Waals surface area contributed by atoms with Crippen molar-refractivity contribution in [1.29, 1.82) is 0 Å². The average molecular weight is 344 g/mol. The fourth-order valence-corrected chi connectivity index (χ4v) is 3.27. The number of hydrogen-bond donors (Lipinski definition) is 0. The van der Waals surface area contributed by atoms with Gasteiger partial charge in [0, 0.05) is 0 Å². The maximum absolute atomic E-state index is 5.16. The van der Waals surface area contributed by atoms with E-state index in [-0.39, 0.29) is 0 Å². The van der Waals surface area contributed by atoms with Gasteiger partial charge in [0.05, 0.1) is 13.4 Å². The molecule has 3 aromatic rings. The summed E-state index contributed by atoms with van der Waals surface area (Å²) in [6, 6.07) is 20.3. The van der Waals surface area contributed by atoms with Crippen molar-refractivity contribution in [3.63, 3.8) is 0 Å². The normalized spacial score (nSPS) is 11.8. The second-order valence-electron chi connectivity index (χ2n) is 7.52. The third kappa shape index (κ3) is 3.83. The minimum absolute atomic E-state index is 0.504. The highest BCUT2D eigenvalue weighted by molar-refractivity contribution is 5.89. The Morgan fingerprint density at radius 1 is 0.731 bits per heavy atom. The van der Waals surface area contributed by atoms with Crippen molar-refractivity contribution in [2.24, 2.45) is 0 Å². The summed E-state index contributed by atoms with van der Waals surface area (Å²) in [4.78, 5) is 0. The molecular weight excluding hydrogens is 316 g/mol. The molecule has 3 rings (SSSR count). The second-order valence-corrected chi connectivity index (χ2v) is 7.52. The van der Waals surface area contributed by atoms with E-state index in [1.54, 1.807) is 13.4 Å². The van der Waals surface area contributed by atoms with Crippen LogP contribution in [0.2, 0.25) is 0 Å². The average Bonchev–Trinajstić information content (AvgIpc) is 2.65. The summed E-state index contributed by atoms with van der Waals surface area (Å²) in [5, 5.41) is 2.58. The SMILES string of the molecule is CO/C=C/c1cc(C(C)C)ccc1-c1ccc2cc(C(C)C)ccc2c1. The summed E-state index contributed by atoms with van der Waals surface area (Å²) in [7, 11) is 1.69. The molecule has 134 valence electrons. The monoisotopic (exact) mass is 344 g/mol. The van der Waals surface area contributed by atoms with Crippen molar-refractivity contribution in [2.75, 3.05) is 7.11 Å². The van der Waals surface area contributed by atoms with E-state index in [0.717, 1.165) is 0 Å². The van der Waals surface area contributed by atoms with Gasteiger partial charge in [0.15, 0.2) is 0 Å². The Morgan fingerprint density at radius 2 is 1.35 bits per heavy atom. The molecule has 0 aliphatic heterocycles. The summed E-state index contributed by atoms with van der Waals surface area (Å²) >= 11 is 0. The second kappa shape index (κ2) is 7.78. The number of hydrogen-bond acceptors (Lipinski definition) is 1. The summed E-state index contributed by atoms with van der Waals surface area (Å²) in [5.74, 6) is 1.05. The fourth-order valence-electron chi connectivity index (χ4n) is 3.27. The molecule has 0 radical (unpaired) electrons. The number of benzene rings is 3. The van der Waals surface area contributed by atoms with Gasteiger partial charge in [-0.1, -0.05) is 76.2 Å². The van der Waals surface area contributed by atoms with Crippen LogP contribution in [0.25, 0.3) is 28.0 Å². The van der Waals surface area contributed by atoms with E-state index < -0.39 is 0 Å². The molecule has 0 aliphatic carbocycles. The molecule has 0 N–H and O–H groups in total. The Hall–Kier alpha value is -2.54. The molecule has 0 aromatic heterocycles. The first kappa shape index (κ1) is 18.3. The smallest absolute Gasteiger partial charge is 0.0830 e. The quantitative estimate of drug-likeness (QED) is 0.439. The van der Waals surface area contributed by atoms with E-state index in [1.807, 2.05) is 6.08 Å². The van der Waals surface area contributed by atoms with Crippen LogP contribution in [-0.2, 0) is 4.74 Å². The van der Waals surface area contributed by atoms with E-state index in [9.17, 15) is 0 Å². The predicted octanol–water partition coefficient (Wildman–Crippen LogP) is 7.37. The van der Waals surface area contributed by atoms with Crippen LogP contribution in [0.5, 0.6) is 0 Å².